The Labute approximate surface area is 165 Å². The SMILES string of the molecule is CCOC(=O)[C@@H]1CCCN(C(=O)CN2N=C(c3ccc(C)cc3)CCC2=O)C1. The molecule has 1 fully saturated rings. The minimum atomic E-state index is -0.290. The molecule has 2 aliphatic heterocycles. The Balaban J connectivity index is 1.66. The van der Waals surface area contributed by atoms with E-state index in [4.69, 9.17) is 4.74 Å². The summed E-state index contributed by atoms with van der Waals surface area (Å²) in [6, 6.07) is 7.98. The maximum atomic E-state index is 12.7. The van der Waals surface area contributed by atoms with Crippen LogP contribution in [-0.2, 0) is 19.1 Å². The average Bonchev–Trinajstić information content (AvgIpc) is 2.70. The predicted octanol–water partition coefficient (Wildman–Crippen LogP) is 2.12. The zero-order valence-electron chi connectivity index (χ0n) is 16.5. The molecule has 0 aliphatic carbocycles. The summed E-state index contributed by atoms with van der Waals surface area (Å²) in [7, 11) is 0. The molecule has 7 nitrogen and oxygen atoms in total. The lowest BCUT2D eigenvalue weighted by Gasteiger charge is -2.33. The summed E-state index contributed by atoms with van der Waals surface area (Å²) in [5, 5.41) is 5.72. The van der Waals surface area contributed by atoms with E-state index in [1.807, 2.05) is 31.2 Å². The second kappa shape index (κ2) is 8.99. The fourth-order valence-corrected chi connectivity index (χ4v) is 3.56. The first-order chi connectivity index (χ1) is 13.5. The van der Waals surface area contributed by atoms with E-state index < -0.39 is 0 Å². The predicted molar refractivity (Wildman–Crippen MR) is 105 cm³/mol. The number of esters is 1. The second-order valence-corrected chi connectivity index (χ2v) is 7.30. The van der Waals surface area contributed by atoms with Gasteiger partial charge in [-0.3, -0.25) is 14.4 Å². The van der Waals surface area contributed by atoms with Gasteiger partial charge < -0.3 is 9.64 Å². The van der Waals surface area contributed by atoms with Crippen molar-refractivity contribution in [1.29, 1.82) is 0 Å². The van der Waals surface area contributed by atoms with Gasteiger partial charge >= 0.3 is 5.97 Å². The Bertz CT molecular complexity index is 772. The number of aryl methyl sites for hydroxylation is 1. The zero-order valence-corrected chi connectivity index (χ0v) is 16.5. The number of piperidine rings is 1. The van der Waals surface area contributed by atoms with Crippen molar-refractivity contribution in [2.45, 2.75) is 39.5 Å². The highest BCUT2D eigenvalue weighted by Gasteiger charge is 2.31. The summed E-state index contributed by atoms with van der Waals surface area (Å²) in [4.78, 5) is 38.6. The smallest absolute Gasteiger partial charge is 0.310 e. The number of benzene rings is 1. The molecule has 7 heteroatoms. The Kier molecular flexibility index (Phi) is 6.44. The van der Waals surface area contributed by atoms with Crippen LogP contribution in [-0.4, -0.2) is 59.6 Å². The molecule has 3 rings (SSSR count). The van der Waals surface area contributed by atoms with Gasteiger partial charge in [0.1, 0.15) is 6.54 Å². The van der Waals surface area contributed by atoms with Crippen molar-refractivity contribution >= 4 is 23.5 Å². The third-order valence-electron chi connectivity index (χ3n) is 5.17. The van der Waals surface area contributed by atoms with E-state index in [0.29, 0.717) is 32.5 Å². The molecule has 0 spiro atoms. The molecule has 0 unspecified atom stereocenters. The third-order valence-corrected chi connectivity index (χ3v) is 5.17. The number of rotatable bonds is 5. The van der Waals surface area contributed by atoms with Crippen LogP contribution in [0, 0.1) is 12.8 Å². The number of nitrogens with zero attached hydrogens (tertiary/aromatic N) is 3. The molecule has 1 atom stereocenters. The van der Waals surface area contributed by atoms with Crippen LogP contribution in [0.2, 0.25) is 0 Å². The third kappa shape index (κ3) is 4.77. The van der Waals surface area contributed by atoms with Crippen molar-refractivity contribution < 1.29 is 19.1 Å². The van der Waals surface area contributed by atoms with Gasteiger partial charge in [0, 0.05) is 25.9 Å². The zero-order chi connectivity index (χ0) is 20.1. The number of carbonyl (C=O) groups excluding carboxylic acids is 3. The molecule has 1 aromatic rings. The Morgan fingerprint density at radius 3 is 2.68 bits per heavy atom. The fraction of sp³-hybridized carbons (Fsp3) is 0.524. The lowest BCUT2D eigenvalue weighted by atomic mass is 9.98. The maximum Gasteiger partial charge on any atom is 0.310 e. The standard InChI is InChI=1S/C21H27N3O4/c1-3-28-21(27)17-5-4-12-23(13-17)20(26)14-24-19(25)11-10-18(22-24)16-8-6-15(2)7-9-16/h6-9,17H,3-5,10-14H2,1-2H3/t17-/m1/s1. The van der Waals surface area contributed by atoms with Crippen LogP contribution >= 0.6 is 0 Å². The summed E-state index contributed by atoms with van der Waals surface area (Å²) < 4.78 is 5.08. The van der Waals surface area contributed by atoms with Gasteiger partial charge in [-0.25, -0.2) is 5.01 Å². The fourth-order valence-electron chi connectivity index (χ4n) is 3.56. The molecule has 0 N–H and O–H groups in total. The van der Waals surface area contributed by atoms with E-state index in [1.165, 1.54) is 5.01 Å². The molecule has 28 heavy (non-hydrogen) atoms. The lowest BCUT2D eigenvalue weighted by molar-refractivity contribution is -0.152. The number of hydrogen-bond acceptors (Lipinski definition) is 5. The summed E-state index contributed by atoms with van der Waals surface area (Å²) in [6.45, 7) is 4.96. The van der Waals surface area contributed by atoms with Gasteiger partial charge in [0.05, 0.1) is 18.2 Å². The molecule has 1 aromatic carbocycles. The topological polar surface area (TPSA) is 79.3 Å². The number of likely N-dealkylation sites (tertiary alicyclic amines) is 1. The summed E-state index contributed by atoms with van der Waals surface area (Å²) in [5.41, 5.74) is 2.94. The Morgan fingerprint density at radius 1 is 1.21 bits per heavy atom. The van der Waals surface area contributed by atoms with Crippen molar-refractivity contribution in [3.8, 4) is 0 Å². The van der Waals surface area contributed by atoms with Gasteiger partial charge in [0.25, 0.3) is 0 Å². The van der Waals surface area contributed by atoms with Crippen molar-refractivity contribution in [3.05, 3.63) is 35.4 Å². The second-order valence-electron chi connectivity index (χ2n) is 7.30. The largest absolute Gasteiger partial charge is 0.466 e. The molecule has 2 amide bonds. The first kappa shape index (κ1) is 20.0. The van der Waals surface area contributed by atoms with Crippen LogP contribution in [0.1, 0.15) is 43.7 Å². The van der Waals surface area contributed by atoms with E-state index in [0.717, 1.165) is 29.7 Å². The average molecular weight is 385 g/mol. The molecule has 0 radical (unpaired) electrons. The van der Waals surface area contributed by atoms with Crippen molar-refractivity contribution in [2.24, 2.45) is 11.0 Å². The Hall–Kier alpha value is -2.70. The summed E-state index contributed by atoms with van der Waals surface area (Å²) >= 11 is 0. The number of carbonyl (C=O) groups is 3. The molecular weight excluding hydrogens is 358 g/mol. The number of hydrazone groups is 1. The van der Waals surface area contributed by atoms with Crippen LogP contribution in [0.25, 0.3) is 0 Å². The minimum Gasteiger partial charge on any atom is -0.466 e. The van der Waals surface area contributed by atoms with Gasteiger partial charge in [0.2, 0.25) is 11.8 Å². The first-order valence-electron chi connectivity index (χ1n) is 9.87. The van der Waals surface area contributed by atoms with Gasteiger partial charge in [-0.05, 0) is 32.3 Å². The van der Waals surface area contributed by atoms with Crippen LogP contribution in [0.5, 0.6) is 0 Å². The van der Waals surface area contributed by atoms with Gasteiger partial charge in [-0.15, -0.1) is 0 Å². The monoisotopic (exact) mass is 385 g/mol. The van der Waals surface area contributed by atoms with E-state index >= 15 is 0 Å². The van der Waals surface area contributed by atoms with E-state index in [1.54, 1.807) is 11.8 Å². The molecule has 0 saturated carbocycles. The molecule has 150 valence electrons. The van der Waals surface area contributed by atoms with Crippen LogP contribution < -0.4 is 0 Å². The molecule has 2 aliphatic rings. The number of amides is 2. The molecular formula is C21H27N3O4. The highest BCUT2D eigenvalue weighted by molar-refractivity contribution is 6.04. The van der Waals surface area contributed by atoms with Crippen LogP contribution in [0.3, 0.4) is 0 Å². The van der Waals surface area contributed by atoms with E-state index in [9.17, 15) is 14.4 Å². The lowest BCUT2D eigenvalue weighted by Crippen LogP contribution is -2.47. The van der Waals surface area contributed by atoms with E-state index in [-0.39, 0.29) is 30.2 Å². The van der Waals surface area contributed by atoms with Crippen molar-refractivity contribution in [3.63, 3.8) is 0 Å². The highest BCUT2D eigenvalue weighted by Crippen LogP contribution is 2.20. The molecule has 0 bridgehead atoms. The van der Waals surface area contributed by atoms with Crippen LogP contribution in [0.15, 0.2) is 29.4 Å². The maximum absolute atomic E-state index is 12.7. The first-order valence-corrected chi connectivity index (χ1v) is 9.87. The molecule has 0 aromatic heterocycles. The summed E-state index contributed by atoms with van der Waals surface area (Å²) in [5.74, 6) is -0.880. The normalized spacial score (nSPS) is 20.0. The molecule has 2 heterocycles. The minimum absolute atomic E-state index is 0.0935. The number of ether oxygens (including phenoxy) is 1. The van der Waals surface area contributed by atoms with Gasteiger partial charge in [-0.2, -0.15) is 5.10 Å². The number of hydrogen-bond donors (Lipinski definition) is 0. The van der Waals surface area contributed by atoms with Crippen LogP contribution in [0.4, 0.5) is 0 Å². The highest BCUT2D eigenvalue weighted by atomic mass is 16.5. The van der Waals surface area contributed by atoms with Crippen molar-refractivity contribution in [1.82, 2.24) is 9.91 Å². The summed E-state index contributed by atoms with van der Waals surface area (Å²) in [6.07, 6.45) is 2.38. The van der Waals surface area contributed by atoms with Gasteiger partial charge in [0.15, 0.2) is 0 Å². The quantitative estimate of drug-likeness (QED) is 0.728. The van der Waals surface area contributed by atoms with Crippen molar-refractivity contribution in [2.75, 3.05) is 26.2 Å². The van der Waals surface area contributed by atoms with E-state index in [2.05, 4.69) is 5.10 Å². The molecule has 1 saturated heterocycles. The van der Waals surface area contributed by atoms with Gasteiger partial charge in [-0.1, -0.05) is 29.8 Å². The Morgan fingerprint density at radius 2 is 1.96 bits per heavy atom.